The molecular formula is C73H79BN2S2. The van der Waals surface area contributed by atoms with Gasteiger partial charge >= 0.3 is 0 Å². The second-order valence-corrected chi connectivity index (χ2v) is 32.0. The van der Waals surface area contributed by atoms with Crippen molar-refractivity contribution < 1.29 is 0 Å². The molecule has 0 spiro atoms. The molecule has 0 saturated carbocycles. The van der Waals surface area contributed by atoms with Gasteiger partial charge in [0, 0.05) is 63.3 Å². The zero-order chi connectivity index (χ0) is 54.8. The third kappa shape index (κ3) is 7.30. The number of hydrogen-bond donors (Lipinski definition) is 0. The number of benzene rings is 7. The van der Waals surface area contributed by atoms with Gasteiger partial charge in [0.05, 0.1) is 11.4 Å². The lowest BCUT2D eigenvalue weighted by atomic mass is 9.35. The molecule has 396 valence electrons. The second kappa shape index (κ2) is 16.3. The lowest BCUT2D eigenvalue weighted by molar-refractivity contribution is 0.332. The highest BCUT2D eigenvalue weighted by Crippen LogP contribution is 2.57. The van der Waals surface area contributed by atoms with Crippen LogP contribution in [-0.4, -0.2) is 6.71 Å². The minimum Gasteiger partial charge on any atom is -0.311 e. The second-order valence-electron chi connectivity index (χ2n) is 29.8. The van der Waals surface area contributed by atoms with E-state index in [0.717, 1.165) is 6.42 Å². The van der Waals surface area contributed by atoms with Gasteiger partial charge in [-0.15, -0.1) is 22.7 Å². The number of thiophene rings is 2. The summed E-state index contributed by atoms with van der Waals surface area (Å²) in [5.41, 5.74) is 25.4. The third-order valence-corrected chi connectivity index (χ3v) is 23.0. The van der Waals surface area contributed by atoms with E-state index in [0.29, 0.717) is 0 Å². The Kier molecular flexibility index (Phi) is 10.6. The first-order valence-electron chi connectivity index (χ1n) is 29.4. The first-order chi connectivity index (χ1) is 36.6. The van der Waals surface area contributed by atoms with Crippen molar-refractivity contribution in [1.29, 1.82) is 0 Å². The summed E-state index contributed by atoms with van der Waals surface area (Å²) in [4.78, 5) is 5.55. The molecular weight excluding hydrogens is 980 g/mol. The average Bonchev–Trinajstić information content (AvgIpc) is 3.79. The summed E-state index contributed by atoms with van der Waals surface area (Å²) in [5, 5.41) is 4.10. The van der Waals surface area contributed by atoms with Crippen molar-refractivity contribution in [2.45, 2.75) is 187 Å². The van der Waals surface area contributed by atoms with Gasteiger partial charge in [-0.25, -0.2) is 0 Å². The molecule has 4 heterocycles. The lowest BCUT2D eigenvalue weighted by Gasteiger charge is -2.48. The number of fused-ring (bicyclic) bond motifs is 12. The Labute approximate surface area is 474 Å². The minimum absolute atomic E-state index is 0.0209. The fraction of sp³-hybridized carbons (Fsp3) is 0.397. The predicted octanol–water partition coefficient (Wildman–Crippen LogP) is 19.7. The van der Waals surface area contributed by atoms with E-state index in [1.165, 1.54) is 168 Å². The van der Waals surface area contributed by atoms with Crippen molar-refractivity contribution >= 4 is 109 Å². The predicted molar refractivity (Wildman–Crippen MR) is 343 cm³/mol. The molecule has 2 aromatic heterocycles. The van der Waals surface area contributed by atoms with E-state index in [1.807, 2.05) is 11.3 Å². The molecule has 2 aliphatic heterocycles. The Bertz CT molecular complexity index is 4050. The van der Waals surface area contributed by atoms with Crippen LogP contribution in [0.5, 0.6) is 0 Å². The molecule has 78 heavy (non-hydrogen) atoms. The van der Waals surface area contributed by atoms with Gasteiger partial charge in [-0.05, 0) is 217 Å². The zero-order valence-corrected chi connectivity index (χ0v) is 51.1. The number of anilines is 6. The summed E-state index contributed by atoms with van der Waals surface area (Å²) in [6.07, 6.45) is 7.05. The van der Waals surface area contributed by atoms with Crippen molar-refractivity contribution in [1.82, 2.24) is 0 Å². The quantitative estimate of drug-likeness (QED) is 0.163. The SMILES string of the molecule is Cc1cc2c3c(c1)N(c1ccc4sc5ccc(C(C)(C)C)cc5c4c1)c1c(sc4cc5c(cc14)C(C)(C)CCC5(C)C)B3c1cc3c(cc1N2c1cc2c(cc1-c1ccccc1)C(C)(C)CCC2(C)C)C(C)(C)CCC3(C)C. The molecule has 0 radical (unpaired) electrons. The summed E-state index contributed by atoms with van der Waals surface area (Å²) in [6.45, 7) is 39.5. The van der Waals surface area contributed by atoms with Crippen LogP contribution >= 0.6 is 22.7 Å². The molecule has 0 fully saturated rings. The highest BCUT2D eigenvalue weighted by atomic mass is 32.1. The van der Waals surface area contributed by atoms with E-state index in [4.69, 9.17) is 0 Å². The Balaban J connectivity index is 1.14. The molecule has 0 atom stereocenters. The molecule has 0 bridgehead atoms. The van der Waals surface area contributed by atoms with E-state index in [2.05, 4.69) is 247 Å². The number of nitrogens with zero attached hydrogens (tertiary/aromatic N) is 2. The standard InChI is InChI=1S/C73H79BN2S2/c1-42-32-59-64-60(33-42)76(57-39-53-50(68(5,6)26-29-71(53,11)12)36-46(57)43-20-18-17-19-21-43)58-40-54-52(70(9,10)28-30-72(54,13)14)38-56(58)74(64)66-65(49-37-51-55(41-63(49)78-66)73(15,16)31-27-69(51,7)8)75(59)45-23-25-62-48(35-45)47-34-44(67(2,3)4)22-24-61(47)77-62/h17-25,32-41H,26-31H2,1-16H3. The van der Waals surface area contributed by atoms with Crippen molar-refractivity contribution in [2.75, 3.05) is 9.80 Å². The molecule has 5 heteroatoms. The normalized spacial score (nSPS) is 19.8. The fourth-order valence-electron chi connectivity index (χ4n) is 15.3. The maximum absolute atomic E-state index is 2.79. The van der Waals surface area contributed by atoms with Gasteiger partial charge in [0.25, 0.3) is 6.71 Å². The number of hydrogen-bond acceptors (Lipinski definition) is 4. The fourth-order valence-corrected chi connectivity index (χ4v) is 17.7. The summed E-state index contributed by atoms with van der Waals surface area (Å²) < 4.78 is 5.58. The highest BCUT2D eigenvalue weighted by molar-refractivity contribution is 7.33. The maximum atomic E-state index is 2.79. The van der Waals surface area contributed by atoms with E-state index in [-0.39, 0.29) is 44.6 Å². The van der Waals surface area contributed by atoms with Gasteiger partial charge in [-0.3, -0.25) is 0 Å². The highest BCUT2D eigenvalue weighted by Gasteiger charge is 2.50. The third-order valence-electron chi connectivity index (χ3n) is 20.6. The maximum Gasteiger partial charge on any atom is 0.264 e. The molecule has 0 saturated heterocycles. The summed E-state index contributed by atoms with van der Waals surface area (Å²) >= 11 is 4.02. The van der Waals surface area contributed by atoms with Crippen molar-refractivity contribution in [3.05, 3.63) is 160 Å². The van der Waals surface area contributed by atoms with Crippen LogP contribution in [0.15, 0.2) is 115 Å². The number of rotatable bonds is 3. The van der Waals surface area contributed by atoms with Gasteiger partial charge in [0.15, 0.2) is 0 Å². The van der Waals surface area contributed by atoms with E-state index in [1.54, 1.807) is 0 Å². The van der Waals surface area contributed by atoms with Crippen LogP contribution in [-0.2, 0) is 37.9 Å². The summed E-state index contributed by atoms with van der Waals surface area (Å²) in [7, 11) is 0. The van der Waals surface area contributed by atoms with Gasteiger partial charge in [-0.1, -0.05) is 146 Å². The lowest BCUT2D eigenvalue weighted by Crippen LogP contribution is -2.61. The van der Waals surface area contributed by atoms with Crippen LogP contribution in [0.4, 0.5) is 34.1 Å². The Morgan fingerprint density at radius 3 is 1.53 bits per heavy atom. The molecule has 2 nitrogen and oxygen atoms in total. The largest absolute Gasteiger partial charge is 0.311 e. The molecule has 7 aromatic carbocycles. The van der Waals surface area contributed by atoms with E-state index in [9.17, 15) is 0 Å². The smallest absolute Gasteiger partial charge is 0.264 e. The zero-order valence-electron chi connectivity index (χ0n) is 49.5. The first kappa shape index (κ1) is 50.6. The topological polar surface area (TPSA) is 6.48 Å². The van der Waals surface area contributed by atoms with Gasteiger partial charge in [-0.2, -0.15) is 0 Å². The monoisotopic (exact) mass is 1060 g/mol. The van der Waals surface area contributed by atoms with Crippen LogP contribution in [0.2, 0.25) is 0 Å². The van der Waals surface area contributed by atoms with Crippen LogP contribution in [0, 0.1) is 6.92 Å². The van der Waals surface area contributed by atoms with E-state index < -0.39 is 0 Å². The molecule has 3 aliphatic carbocycles. The Hall–Kier alpha value is -5.62. The molecule has 0 unspecified atom stereocenters. The van der Waals surface area contributed by atoms with Crippen LogP contribution in [0.1, 0.15) is 187 Å². The summed E-state index contributed by atoms with van der Waals surface area (Å²) in [6, 6.07) is 47.3. The van der Waals surface area contributed by atoms with Crippen LogP contribution < -0.4 is 25.5 Å². The molecule has 0 N–H and O–H groups in total. The Morgan fingerprint density at radius 1 is 0.436 bits per heavy atom. The van der Waals surface area contributed by atoms with Crippen LogP contribution in [0.3, 0.4) is 0 Å². The average molecular weight is 1060 g/mol. The molecule has 0 amide bonds. The van der Waals surface area contributed by atoms with Gasteiger partial charge < -0.3 is 9.80 Å². The molecule has 9 aromatic rings. The van der Waals surface area contributed by atoms with Gasteiger partial charge in [0.2, 0.25) is 0 Å². The first-order valence-corrected chi connectivity index (χ1v) is 31.0. The summed E-state index contributed by atoms with van der Waals surface area (Å²) in [5.74, 6) is 0. The van der Waals surface area contributed by atoms with E-state index >= 15 is 0 Å². The molecule has 14 rings (SSSR count). The van der Waals surface area contributed by atoms with Crippen LogP contribution in [0.25, 0.3) is 41.4 Å². The minimum atomic E-state index is 0.0209. The number of aryl methyl sites for hydroxylation is 1. The molecule has 5 aliphatic rings. The van der Waals surface area contributed by atoms with Gasteiger partial charge in [0.1, 0.15) is 0 Å². The van der Waals surface area contributed by atoms with Crippen molar-refractivity contribution in [2.24, 2.45) is 0 Å². The Morgan fingerprint density at radius 2 is 0.936 bits per heavy atom. The van der Waals surface area contributed by atoms with Crippen molar-refractivity contribution in [3.63, 3.8) is 0 Å². The van der Waals surface area contributed by atoms with Crippen molar-refractivity contribution in [3.8, 4) is 11.1 Å².